The molecule has 0 radical (unpaired) electrons. The van der Waals surface area contributed by atoms with Gasteiger partial charge in [-0.3, -0.25) is 4.55 Å². The van der Waals surface area contributed by atoms with Gasteiger partial charge in [0.05, 0.1) is 13.2 Å². The average Bonchev–Trinajstić information content (AvgIpc) is 2.86. The third kappa shape index (κ3) is 7.58. The Hall–Kier alpha value is -1.84. The largest absolute Gasteiger partial charge is 0.438 e. The summed E-state index contributed by atoms with van der Waals surface area (Å²) in [5.74, 6) is -28.4. The summed E-state index contributed by atoms with van der Waals surface area (Å²) < 4.78 is 253. The fourth-order valence-corrected chi connectivity index (χ4v) is 3.45. The zero-order chi connectivity index (χ0) is 34.8. The maximum Gasteiger partial charge on any atom is 0.438 e. The van der Waals surface area contributed by atoms with Crippen LogP contribution in [0.15, 0.2) is 24.3 Å². The Kier molecular flexibility index (Phi) is 12.0. The Morgan fingerprint density at radius 2 is 0.955 bits per heavy atom. The van der Waals surface area contributed by atoms with Crippen molar-refractivity contribution < 1.29 is 107 Å². The van der Waals surface area contributed by atoms with Crippen molar-refractivity contribution in [3.63, 3.8) is 0 Å². The molecule has 1 aromatic carbocycles. The van der Waals surface area contributed by atoms with E-state index >= 15 is 0 Å². The molecule has 1 rings (SSSR count). The molecule has 0 aromatic heterocycles. The SMILES string of the molecule is O=S(=O)(O)C(F)(F)C(F)(F)C(F)(F)C(F)(F)OCCc1ccc(CCOC(F)(F)C(F)(F)C(F)(F)C(F)(F)SOOO)cc1. The van der Waals surface area contributed by atoms with E-state index in [9.17, 15) is 78.7 Å². The molecule has 0 fully saturated rings. The summed E-state index contributed by atoms with van der Waals surface area (Å²) in [6.07, 6.45) is -14.5. The van der Waals surface area contributed by atoms with Gasteiger partial charge in [0.15, 0.2) is 0 Å². The quantitative estimate of drug-likeness (QED) is 0.0564. The van der Waals surface area contributed by atoms with Gasteiger partial charge in [-0.2, -0.15) is 78.7 Å². The lowest BCUT2D eigenvalue weighted by atomic mass is 10.1. The fourth-order valence-electron chi connectivity index (χ4n) is 2.65. The van der Waals surface area contributed by atoms with Gasteiger partial charge in [-0.25, -0.2) is 5.26 Å². The number of halogens is 16. The van der Waals surface area contributed by atoms with Crippen LogP contribution in [-0.4, -0.2) is 77.9 Å². The summed E-state index contributed by atoms with van der Waals surface area (Å²) in [6, 6.07) is 3.46. The second kappa shape index (κ2) is 13.1. The molecule has 0 unspecified atom stereocenters. The van der Waals surface area contributed by atoms with Crippen molar-refractivity contribution in [1.29, 1.82) is 0 Å². The van der Waals surface area contributed by atoms with Gasteiger partial charge in [-0.15, -0.1) is 4.33 Å². The van der Waals surface area contributed by atoms with E-state index in [1.807, 2.05) is 0 Å². The van der Waals surface area contributed by atoms with E-state index in [0.29, 0.717) is 0 Å². The smallest absolute Gasteiger partial charge is 0.315 e. The molecule has 258 valence electrons. The first-order chi connectivity index (χ1) is 19.5. The van der Waals surface area contributed by atoms with Crippen molar-refractivity contribution >= 4 is 22.2 Å². The summed E-state index contributed by atoms with van der Waals surface area (Å²) in [4.78, 5) is 0. The van der Waals surface area contributed by atoms with Crippen molar-refractivity contribution in [3.05, 3.63) is 35.4 Å². The predicted molar refractivity (Wildman–Crippen MR) is 109 cm³/mol. The minimum absolute atomic E-state index is 0.182. The highest BCUT2D eigenvalue weighted by atomic mass is 32.2. The summed E-state index contributed by atoms with van der Waals surface area (Å²) in [5.41, 5.74) is -0.395. The first kappa shape index (κ1) is 40.2. The first-order valence-electron chi connectivity index (χ1n) is 10.5. The van der Waals surface area contributed by atoms with Gasteiger partial charge in [0.1, 0.15) is 12.0 Å². The van der Waals surface area contributed by atoms with E-state index in [1.54, 1.807) is 0 Å². The maximum absolute atomic E-state index is 13.7. The minimum atomic E-state index is -7.40. The molecule has 1 aromatic rings. The number of rotatable bonds is 18. The Morgan fingerprint density at radius 3 is 1.27 bits per heavy atom. The van der Waals surface area contributed by atoms with Crippen LogP contribution >= 0.6 is 12.0 Å². The molecule has 2 N–H and O–H groups in total. The molecule has 0 saturated heterocycles. The number of hydrogen-bond donors (Lipinski definition) is 2. The number of hydrogen-bond acceptors (Lipinski definition) is 8. The highest BCUT2D eigenvalue weighted by molar-refractivity contribution is 7.95. The van der Waals surface area contributed by atoms with Crippen LogP contribution in [0.5, 0.6) is 0 Å². The lowest BCUT2D eigenvalue weighted by Crippen LogP contribution is -2.65. The van der Waals surface area contributed by atoms with E-state index in [0.717, 1.165) is 24.3 Å². The average molecular weight is 726 g/mol. The van der Waals surface area contributed by atoms with Gasteiger partial charge in [0.25, 0.3) is 0 Å². The monoisotopic (exact) mass is 726 g/mol. The molecule has 0 atom stereocenters. The number of benzene rings is 1. The molecule has 26 heteroatoms. The van der Waals surface area contributed by atoms with Crippen molar-refractivity contribution in [3.8, 4) is 0 Å². The summed E-state index contributed by atoms with van der Waals surface area (Å²) in [5, 5.41) is -3.03. The van der Waals surface area contributed by atoms with Gasteiger partial charge >= 0.3 is 56.5 Å². The van der Waals surface area contributed by atoms with Crippen LogP contribution < -0.4 is 0 Å². The molecule has 0 aliphatic rings. The third-order valence-corrected chi connectivity index (χ3v) is 6.61. The van der Waals surface area contributed by atoms with Crippen LogP contribution in [0.2, 0.25) is 0 Å². The fraction of sp³-hybridized carbons (Fsp3) is 0.667. The van der Waals surface area contributed by atoms with Crippen LogP contribution in [0.3, 0.4) is 0 Å². The molecule has 0 aliphatic heterocycles. The van der Waals surface area contributed by atoms with E-state index in [-0.39, 0.29) is 11.1 Å². The Morgan fingerprint density at radius 1 is 0.614 bits per heavy atom. The molecule has 0 amide bonds. The van der Waals surface area contributed by atoms with E-state index in [2.05, 4.69) is 18.8 Å². The molecular weight excluding hydrogens is 712 g/mol. The first-order valence-corrected chi connectivity index (χ1v) is 12.7. The Bertz CT molecular complexity index is 1210. The topological polar surface area (TPSA) is 112 Å². The second-order valence-electron chi connectivity index (χ2n) is 8.08. The normalized spacial score (nSPS) is 15.1. The number of alkyl halides is 16. The Labute approximate surface area is 238 Å². The van der Waals surface area contributed by atoms with Crippen molar-refractivity contribution in [2.24, 2.45) is 0 Å². The van der Waals surface area contributed by atoms with Crippen LogP contribution in [0, 0.1) is 0 Å². The van der Waals surface area contributed by atoms with Crippen LogP contribution in [0.1, 0.15) is 11.1 Å². The number of ether oxygens (including phenoxy) is 2. The maximum atomic E-state index is 13.7. The highest BCUT2D eigenvalue weighted by Gasteiger charge is 2.85. The zero-order valence-electron chi connectivity index (χ0n) is 20.3. The molecule has 44 heavy (non-hydrogen) atoms. The highest BCUT2D eigenvalue weighted by Crippen LogP contribution is 2.57. The molecule has 0 heterocycles. The Balaban J connectivity index is 2.84. The van der Waals surface area contributed by atoms with Crippen LogP contribution in [0.4, 0.5) is 70.2 Å². The van der Waals surface area contributed by atoms with E-state index < -0.39 is 94.6 Å². The lowest BCUT2D eigenvalue weighted by Gasteiger charge is -2.34. The van der Waals surface area contributed by atoms with Gasteiger partial charge in [-0.1, -0.05) is 29.3 Å². The van der Waals surface area contributed by atoms with Gasteiger partial charge in [0, 0.05) is 0 Å². The van der Waals surface area contributed by atoms with Crippen molar-refractivity contribution in [2.75, 3.05) is 13.2 Å². The second-order valence-corrected chi connectivity index (χ2v) is 10.4. The molecule has 0 spiro atoms. The van der Waals surface area contributed by atoms with Gasteiger partial charge in [-0.05, 0) is 24.0 Å². The van der Waals surface area contributed by atoms with Crippen LogP contribution in [-0.2, 0) is 41.8 Å². The summed E-state index contributed by atoms with van der Waals surface area (Å²) in [7, 11) is -7.33. The lowest BCUT2D eigenvalue weighted by molar-refractivity contribution is -0.438. The van der Waals surface area contributed by atoms with Crippen molar-refractivity contribution in [2.45, 2.75) is 59.3 Å². The van der Waals surface area contributed by atoms with Gasteiger partial charge in [0.2, 0.25) is 0 Å². The molecule has 0 saturated carbocycles. The molecule has 0 bridgehead atoms. The molecule has 8 nitrogen and oxygen atoms in total. The minimum Gasteiger partial charge on any atom is -0.315 e. The zero-order valence-corrected chi connectivity index (χ0v) is 22.0. The van der Waals surface area contributed by atoms with Gasteiger partial charge < -0.3 is 9.47 Å². The summed E-state index contributed by atoms with van der Waals surface area (Å²) >= 11 is -1.95. The van der Waals surface area contributed by atoms with E-state index in [1.165, 1.54) is 0 Å². The van der Waals surface area contributed by atoms with Crippen LogP contribution in [0.25, 0.3) is 0 Å². The molecule has 0 aliphatic carbocycles. The van der Waals surface area contributed by atoms with Crippen molar-refractivity contribution in [1.82, 2.24) is 0 Å². The standard InChI is InChI=1S/C18H14F16O8S2/c19-11(20,13(23,24)17(31,32)43-42-41-35)15(27,28)39-7-5-9-1-3-10(4-2-9)6-8-40-16(29,30)12(21,22)14(25,26)18(33,34)44(36,37)38/h1-4,35H,5-8H2,(H,36,37,38). The third-order valence-electron chi connectivity index (χ3n) is 5.12. The summed E-state index contributed by atoms with van der Waals surface area (Å²) in [6.45, 7) is -3.20. The predicted octanol–water partition coefficient (Wildman–Crippen LogP) is 6.67. The molecular formula is C18H14F16O8S2. The van der Waals surface area contributed by atoms with E-state index in [4.69, 9.17) is 9.81 Å².